The van der Waals surface area contributed by atoms with Gasteiger partial charge >= 0.3 is 0 Å². The van der Waals surface area contributed by atoms with E-state index in [0.717, 1.165) is 48.3 Å². The number of ether oxygens (including phenoxy) is 3. The second-order valence-electron chi connectivity index (χ2n) is 22.2. The zero-order chi connectivity index (χ0) is 38.5. The van der Waals surface area contributed by atoms with Crippen LogP contribution >= 0.6 is 0 Å². The number of hydrogen-bond donors (Lipinski definition) is 0. The molecule has 0 amide bonds. The van der Waals surface area contributed by atoms with Crippen molar-refractivity contribution >= 4 is 0 Å². The van der Waals surface area contributed by atoms with E-state index in [-0.39, 0.29) is 12.2 Å². The lowest BCUT2D eigenvalue weighted by atomic mass is 9.52. The number of rotatable bonds is 0. The first-order chi connectivity index (χ1) is 25.1. The van der Waals surface area contributed by atoms with Crippen LogP contribution in [0.5, 0.6) is 0 Å². The summed E-state index contributed by atoms with van der Waals surface area (Å²) in [4.78, 5) is 0. The van der Waals surface area contributed by atoms with E-state index in [0.29, 0.717) is 10.8 Å². The van der Waals surface area contributed by atoms with Crippen LogP contribution in [-0.4, -0.2) is 23.8 Å². The maximum absolute atomic E-state index is 5.79. The van der Waals surface area contributed by atoms with Gasteiger partial charge in [-0.2, -0.15) is 0 Å². The van der Waals surface area contributed by atoms with Gasteiger partial charge in [-0.05, 0) is 113 Å². The van der Waals surface area contributed by atoms with Crippen molar-refractivity contribution in [1.29, 1.82) is 0 Å². The van der Waals surface area contributed by atoms with E-state index < -0.39 is 11.6 Å². The predicted molar refractivity (Wildman–Crippen MR) is 228 cm³/mol. The molecule has 3 heteroatoms. The van der Waals surface area contributed by atoms with E-state index in [9.17, 15) is 0 Å². The lowest BCUT2D eigenvalue weighted by molar-refractivity contribution is -0.442. The van der Waals surface area contributed by atoms with Gasteiger partial charge in [0.25, 0.3) is 0 Å². The molecule has 0 aromatic heterocycles. The third-order valence-electron chi connectivity index (χ3n) is 14.8. The summed E-state index contributed by atoms with van der Waals surface area (Å²) in [6.45, 7) is 22.9. The van der Waals surface area contributed by atoms with Crippen molar-refractivity contribution < 1.29 is 14.2 Å². The second kappa shape index (κ2) is 21.6. The van der Waals surface area contributed by atoms with Crippen molar-refractivity contribution in [1.82, 2.24) is 0 Å². The zero-order valence-electron chi connectivity index (χ0n) is 37.6. The fourth-order valence-electron chi connectivity index (χ4n) is 13.6. The minimum atomic E-state index is -0.440. The molecule has 0 aromatic carbocycles. The molecule has 0 aromatic rings. The summed E-state index contributed by atoms with van der Waals surface area (Å²) in [5, 5.41) is 0. The summed E-state index contributed by atoms with van der Waals surface area (Å²) in [5.41, 5.74) is 1.37. The molecular formula is C50H94O3. The minimum Gasteiger partial charge on any atom is -0.347 e. The van der Waals surface area contributed by atoms with E-state index in [1.807, 2.05) is 13.8 Å². The van der Waals surface area contributed by atoms with Crippen molar-refractivity contribution in [3.8, 4) is 0 Å². The van der Waals surface area contributed by atoms with E-state index in [1.165, 1.54) is 135 Å². The first-order valence-electron chi connectivity index (χ1n) is 24.1. The smallest absolute Gasteiger partial charge is 0.171 e. The molecule has 4 unspecified atom stereocenters. The Morgan fingerprint density at radius 2 is 0.660 bits per heavy atom. The van der Waals surface area contributed by atoms with Crippen molar-refractivity contribution in [3.63, 3.8) is 0 Å². The molecule has 53 heavy (non-hydrogen) atoms. The Bertz CT molecular complexity index is 827. The SMILES string of the molecule is C1CC2CCCC(C1)C2.C1CCCCCCC1.CC1CC2(C)CC(C)CC(C)(C1)C2.CC1CC2(C)OC(C)CC(C)(O1)O2.CC1CCCC(C)CCC1. The molecule has 0 radical (unpaired) electrons. The monoisotopic (exact) mass is 743 g/mol. The van der Waals surface area contributed by atoms with Crippen LogP contribution in [0.15, 0.2) is 0 Å². The molecule has 4 atom stereocenters. The third kappa shape index (κ3) is 16.7. The van der Waals surface area contributed by atoms with E-state index in [4.69, 9.17) is 14.2 Å². The number of fused-ring (bicyclic) bond motifs is 6. The molecule has 2 aliphatic heterocycles. The maximum atomic E-state index is 5.79. The fourth-order valence-corrected chi connectivity index (χ4v) is 13.6. The molecule has 2 heterocycles. The molecule has 312 valence electrons. The summed E-state index contributed by atoms with van der Waals surface area (Å²) < 4.78 is 17.3. The number of hydrogen-bond acceptors (Lipinski definition) is 3. The second-order valence-corrected chi connectivity index (χ2v) is 22.2. The minimum absolute atomic E-state index is 0.219. The summed E-state index contributed by atoms with van der Waals surface area (Å²) >= 11 is 0. The van der Waals surface area contributed by atoms with Gasteiger partial charge < -0.3 is 14.2 Å². The van der Waals surface area contributed by atoms with Crippen LogP contribution < -0.4 is 0 Å². The quantitative estimate of drug-likeness (QED) is 0.247. The molecule has 6 saturated carbocycles. The Balaban J connectivity index is 0.000000150. The Morgan fingerprint density at radius 3 is 0.962 bits per heavy atom. The van der Waals surface area contributed by atoms with Gasteiger partial charge in [0.1, 0.15) is 0 Å². The van der Waals surface area contributed by atoms with Gasteiger partial charge in [-0.25, -0.2) is 0 Å². The standard InChI is InChI=1S/C13H24.C10H18O3.C10H20.C9H16.C8H16/c1-10-5-12(3)7-11(2)8-13(4,6-10)9-12;1-7-5-9(3)12-8(2)6-10(4,11-7)13-9;1-9-5-3-7-10(2)8-4-6-9;1-3-8-5-2-6-9(4-1)7-8;1-2-4-6-8-7-5-3-1/h10-11H,5-9H2,1-4H3;7-8H,5-6H2,1-4H3;9-10H,3-8H2,1-2H3;8-9H,1-7H2;1-8H2. The average Bonchev–Trinajstić information content (AvgIpc) is 2.98. The van der Waals surface area contributed by atoms with Gasteiger partial charge in [0.15, 0.2) is 11.6 Å². The molecule has 8 fully saturated rings. The van der Waals surface area contributed by atoms with Crippen LogP contribution in [0.1, 0.15) is 249 Å². The molecular weight excluding hydrogens is 649 g/mol. The first-order valence-corrected chi connectivity index (χ1v) is 24.1. The summed E-state index contributed by atoms with van der Waals surface area (Å²) in [5.74, 6) is 5.37. The molecule has 0 N–H and O–H groups in total. The van der Waals surface area contributed by atoms with E-state index in [2.05, 4.69) is 55.4 Å². The highest BCUT2D eigenvalue weighted by molar-refractivity contribution is 4.98. The van der Waals surface area contributed by atoms with Gasteiger partial charge in [-0.3, -0.25) is 0 Å². The van der Waals surface area contributed by atoms with Crippen LogP contribution in [0.4, 0.5) is 0 Å². The molecule has 8 rings (SSSR count). The Hall–Kier alpha value is -0.120. The summed E-state index contributed by atoms with van der Waals surface area (Å²) in [6.07, 6.45) is 41.2. The average molecular weight is 743 g/mol. The van der Waals surface area contributed by atoms with Crippen LogP contribution in [0, 0.1) is 46.3 Å². The van der Waals surface area contributed by atoms with Crippen molar-refractivity contribution in [2.45, 2.75) is 273 Å². The van der Waals surface area contributed by atoms with Gasteiger partial charge in [0, 0.05) is 12.8 Å². The van der Waals surface area contributed by atoms with E-state index >= 15 is 0 Å². The summed E-state index contributed by atoms with van der Waals surface area (Å²) in [7, 11) is 0. The topological polar surface area (TPSA) is 27.7 Å². The van der Waals surface area contributed by atoms with Gasteiger partial charge in [0.05, 0.1) is 12.2 Å². The van der Waals surface area contributed by atoms with Crippen molar-refractivity contribution in [2.75, 3.05) is 0 Å². The highest BCUT2D eigenvalue weighted by atomic mass is 16.8. The molecule has 0 spiro atoms. The third-order valence-corrected chi connectivity index (χ3v) is 14.8. The lowest BCUT2D eigenvalue weighted by Crippen LogP contribution is -2.59. The molecule has 2 saturated heterocycles. The van der Waals surface area contributed by atoms with Gasteiger partial charge in [0.2, 0.25) is 0 Å². The molecule has 6 aliphatic carbocycles. The first kappa shape index (κ1) is 45.6. The van der Waals surface area contributed by atoms with Crippen LogP contribution in [-0.2, 0) is 14.2 Å². The highest BCUT2D eigenvalue weighted by Crippen LogP contribution is 2.58. The Kier molecular flexibility index (Phi) is 18.6. The molecule has 6 bridgehead atoms. The lowest BCUT2D eigenvalue weighted by Gasteiger charge is -2.54. The van der Waals surface area contributed by atoms with Gasteiger partial charge in [-0.1, -0.05) is 170 Å². The summed E-state index contributed by atoms with van der Waals surface area (Å²) in [6, 6.07) is 0. The fraction of sp³-hybridized carbons (Fsp3) is 1.00. The molecule has 3 nitrogen and oxygen atoms in total. The highest BCUT2D eigenvalue weighted by Gasteiger charge is 2.50. The van der Waals surface area contributed by atoms with E-state index in [1.54, 1.807) is 32.1 Å². The van der Waals surface area contributed by atoms with Gasteiger partial charge in [-0.15, -0.1) is 0 Å². The van der Waals surface area contributed by atoms with Crippen molar-refractivity contribution in [2.24, 2.45) is 46.3 Å². The Morgan fingerprint density at radius 1 is 0.358 bits per heavy atom. The van der Waals surface area contributed by atoms with Crippen molar-refractivity contribution in [3.05, 3.63) is 0 Å². The van der Waals surface area contributed by atoms with Crippen LogP contribution in [0.3, 0.4) is 0 Å². The largest absolute Gasteiger partial charge is 0.347 e. The normalized spacial score (nSPS) is 45.4. The molecule has 8 aliphatic rings. The predicted octanol–water partition coefficient (Wildman–Crippen LogP) is 16.0. The Labute approximate surface area is 332 Å². The van der Waals surface area contributed by atoms with Crippen LogP contribution in [0.25, 0.3) is 0 Å². The van der Waals surface area contributed by atoms with Crippen LogP contribution in [0.2, 0.25) is 0 Å². The zero-order valence-corrected chi connectivity index (χ0v) is 37.6. The maximum Gasteiger partial charge on any atom is 0.171 e.